The fraction of sp³-hybridized carbons (Fsp3) is 0.727. The standard InChI is InChI=1S/C22H33NS/c1-16-10-6-9-15-20(16)23-17(2)21(18-11-7-8-12-18)24-22(23)19-13-4-3-5-14-19/h6,9-10,15,17-19,21-22H,3-5,7-8,11-14H2,1-2H3/t17-,21?,22?/m0/s1. The number of hydrogen-bond acceptors (Lipinski definition) is 2. The molecule has 0 amide bonds. The number of benzene rings is 1. The van der Waals surface area contributed by atoms with Crippen LogP contribution < -0.4 is 4.90 Å². The molecule has 3 fully saturated rings. The highest BCUT2D eigenvalue weighted by Gasteiger charge is 2.46. The molecule has 2 heteroatoms. The topological polar surface area (TPSA) is 3.24 Å². The highest BCUT2D eigenvalue weighted by atomic mass is 32.2. The van der Waals surface area contributed by atoms with Gasteiger partial charge in [-0.15, -0.1) is 11.8 Å². The predicted molar refractivity (Wildman–Crippen MR) is 107 cm³/mol. The number of anilines is 1. The van der Waals surface area contributed by atoms with Crippen molar-refractivity contribution in [2.24, 2.45) is 11.8 Å². The summed E-state index contributed by atoms with van der Waals surface area (Å²) in [5, 5.41) is 1.56. The fourth-order valence-corrected chi connectivity index (χ4v) is 7.59. The van der Waals surface area contributed by atoms with Crippen molar-refractivity contribution < 1.29 is 0 Å². The second-order valence-corrected chi connectivity index (χ2v) is 9.67. The lowest BCUT2D eigenvalue weighted by atomic mass is 9.87. The van der Waals surface area contributed by atoms with Crippen LogP contribution in [0.15, 0.2) is 24.3 Å². The Kier molecular flexibility index (Phi) is 5.13. The molecule has 2 unspecified atom stereocenters. The van der Waals surface area contributed by atoms with E-state index in [2.05, 4.69) is 54.8 Å². The van der Waals surface area contributed by atoms with Gasteiger partial charge in [-0.3, -0.25) is 0 Å². The Labute approximate surface area is 152 Å². The fourth-order valence-electron chi connectivity index (χ4n) is 5.49. The van der Waals surface area contributed by atoms with Gasteiger partial charge in [0, 0.05) is 17.0 Å². The van der Waals surface area contributed by atoms with Crippen molar-refractivity contribution in [2.45, 2.75) is 88.3 Å². The van der Waals surface area contributed by atoms with E-state index in [1.54, 1.807) is 0 Å². The molecule has 1 nitrogen and oxygen atoms in total. The van der Waals surface area contributed by atoms with Gasteiger partial charge in [0.2, 0.25) is 0 Å². The first-order valence-electron chi connectivity index (χ1n) is 10.2. The van der Waals surface area contributed by atoms with E-state index in [-0.39, 0.29) is 0 Å². The zero-order valence-corrected chi connectivity index (χ0v) is 16.2. The lowest BCUT2D eigenvalue weighted by Crippen LogP contribution is -2.42. The van der Waals surface area contributed by atoms with Gasteiger partial charge in [-0.1, -0.05) is 50.3 Å². The smallest absolute Gasteiger partial charge is 0.0786 e. The van der Waals surface area contributed by atoms with Gasteiger partial charge < -0.3 is 4.90 Å². The highest BCUT2D eigenvalue weighted by molar-refractivity contribution is 8.01. The van der Waals surface area contributed by atoms with Crippen molar-refractivity contribution in [1.82, 2.24) is 0 Å². The maximum absolute atomic E-state index is 2.85. The van der Waals surface area contributed by atoms with Gasteiger partial charge in [-0.05, 0) is 63.0 Å². The molecule has 0 N–H and O–H groups in total. The Balaban J connectivity index is 1.64. The summed E-state index contributed by atoms with van der Waals surface area (Å²) >= 11 is 2.36. The molecule has 3 aliphatic rings. The van der Waals surface area contributed by atoms with Crippen molar-refractivity contribution in [3.63, 3.8) is 0 Å². The quantitative estimate of drug-likeness (QED) is 0.624. The van der Waals surface area contributed by atoms with Crippen LogP contribution in [0.1, 0.15) is 70.3 Å². The van der Waals surface area contributed by atoms with Gasteiger partial charge in [-0.25, -0.2) is 0 Å². The monoisotopic (exact) mass is 343 g/mol. The third-order valence-electron chi connectivity index (χ3n) is 6.80. The molecule has 0 aromatic heterocycles. The van der Waals surface area contributed by atoms with E-state index >= 15 is 0 Å². The summed E-state index contributed by atoms with van der Waals surface area (Å²) in [5.74, 6) is 1.86. The molecule has 0 spiro atoms. The maximum atomic E-state index is 2.85. The summed E-state index contributed by atoms with van der Waals surface area (Å²) in [6.07, 6.45) is 13.1. The van der Waals surface area contributed by atoms with Gasteiger partial charge in [0.25, 0.3) is 0 Å². The molecule has 0 bridgehead atoms. The largest absolute Gasteiger partial charge is 0.355 e. The highest BCUT2D eigenvalue weighted by Crippen LogP contribution is 2.51. The first-order chi connectivity index (χ1) is 11.8. The zero-order valence-electron chi connectivity index (χ0n) is 15.4. The SMILES string of the molecule is Cc1ccccc1N1C(C2CCCCC2)SC(C2CCCC2)[C@@H]1C. The van der Waals surface area contributed by atoms with Crippen molar-refractivity contribution in [1.29, 1.82) is 0 Å². The van der Waals surface area contributed by atoms with E-state index in [0.717, 1.165) is 17.1 Å². The summed E-state index contributed by atoms with van der Waals surface area (Å²) in [4.78, 5) is 2.85. The van der Waals surface area contributed by atoms with Crippen LogP contribution in [0.25, 0.3) is 0 Å². The molecular weight excluding hydrogens is 310 g/mol. The average Bonchev–Trinajstić information content (AvgIpc) is 3.24. The number of aryl methyl sites for hydroxylation is 1. The van der Waals surface area contributed by atoms with Crippen LogP contribution in [0.3, 0.4) is 0 Å². The van der Waals surface area contributed by atoms with Crippen LogP contribution in [-0.4, -0.2) is 16.7 Å². The van der Waals surface area contributed by atoms with E-state index in [4.69, 9.17) is 0 Å². The third-order valence-corrected chi connectivity index (χ3v) is 8.78. The Morgan fingerprint density at radius 3 is 2.21 bits per heavy atom. The van der Waals surface area contributed by atoms with Gasteiger partial charge >= 0.3 is 0 Å². The molecule has 0 radical (unpaired) electrons. The van der Waals surface area contributed by atoms with Crippen LogP contribution in [0.4, 0.5) is 5.69 Å². The Hall–Kier alpha value is -0.630. The van der Waals surface area contributed by atoms with E-state index in [1.165, 1.54) is 69.0 Å². The molecule has 4 rings (SSSR count). The van der Waals surface area contributed by atoms with Crippen LogP contribution in [-0.2, 0) is 0 Å². The van der Waals surface area contributed by atoms with Gasteiger partial charge in [0.15, 0.2) is 0 Å². The predicted octanol–water partition coefficient (Wildman–Crippen LogP) is 6.40. The molecule has 132 valence electrons. The molecule has 1 aromatic carbocycles. The van der Waals surface area contributed by atoms with Crippen LogP contribution in [0, 0.1) is 18.8 Å². The minimum absolute atomic E-state index is 0.686. The lowest BCUT2D eigenvalue weighted by molar-refractivity contribution is 0.339. The van der Waals surface area contributed by atoms with Gasteiger partial charge in [0.05, 0.1) is 5.37 Å². The normalized spacial score (nSPS) is 32.6. The average molecular weight is 344 g/mol. The molecule has 1 heterocycles. The third kappa shape index (κ3) is 3.11. The number of hydrogen-bond donors (Lipinski definition) is 0. The number of thioether (sulfide) groups is 1. The second-order valence-electron chi connectivity index (χ2n) is 8.37. The first kappa shape index (κ1) is 16.8. The number of para-hydroxylation sites is 1. The van der Waals surface area contributed by atoms with Crippen molar-refractivity contribution >= 4 is 17.4 Å². The van der Waals surface area contributed by atoms with E-state index < -0.39 is 0 Å². The van der Waals surface area contributed by atoms with E-state index in [1.807, 2.05) is 0 Å². The zero-order chi connectivity index (χ0) is 16.5. The first-order valence-corrected chi connectivity index (χ1v) is 11.2. The minimum Gasteiger partial charge on any atom is -0.355 e. The molecule has 3 atom stereocenters. The summed E-state index contributed by atoms with van der Waals surface area (Å²) in [6.45, 7) is 4.82. The Morgan fingerprint density at radius 1 is 0.875 bits per heavy atom. The van der Waals surface area contributed by atoms with E-state index in [9.17, 15) is 0 Å². The van der Waals surface area contributed by atoms with E-state index in [0.29, 0.717) is 11.4 Å². The number of rotatable bonds is 3. The second kappa shape index (κ2) is 7.32. The van der Waals surface area contributed by atoms with Crippen LogP contribution in [0.2, 0.25) is 0 Å². The van der Waals surface area contributed by atoms with Gasteiger partial charge in [0.1, 0.15) is 0 Å². The molecule has 1 saturated heterocycles. The summed E-state index contributed by atoms with van der Waals surface area (Å²) in [7, 11) is 0. The Bertz CT molecular complexity index is 545. The minimum atomic E-state index is 0.686. The van der Waals surface area contributed by atoms with Crippen LogP contribution >= 0.6 is 11.8 Å². The summed E-state index contributed by atoms with van der Waals surface area (Å²) < 4.78 is 0. The molecule has 2 saturated carbocycles. The Morgan fingerprint density at radius 2 is 1.50 bits per heavy atom. The van der Waals surface area contributed by atoms with Gasteiger partial charge in [-0.2, -0.15) is 0 Å². The van der Waals surface area contributed by atoms with Crippen molar-refractivity contribution in [3.05, 3.63) is 29.8 Å². The molecule has 1 aromatic rings. The lowest BCUT2D eigenvalue weighted by Gasteiger charge is -2.37. The van der Waals surface area contributed by atoms with Crippen molar-refractivity contribution in [2.75, 3.05) is 4.90 Å². The molecule has 1 aliphatic heterocycles. The molecular formula is C22H33NS. The molecule has 2 aliphatic carbocycles. The number of nitrogens with zero attached hydrogens (tertiary/aromatic N) is 1. The van der Waals surface area contributed by atoms with Crippen molar-refractivity contribution in [3.8, 4) is 0 Å². The summed E-state index contributed by atoms with van der Waals surface area (Å²) in [6, 6.07) is 9.79. The van der Waals surface area contributed by atoms with Crippen LogP contribution in [0.5, 0.6) is 0 Å². The summed E-state index contributed by atoms with van der Waals surface area (Å²) in [5.41, 5.74) is 2.96. The maximum Gasteiger partial charge on any atom is 0.0786 e. The molecule has 24 heavy (non-hydrogen) atoms.